The first kappa shape index (κ1) is 23.8. The van der Waals surface area contributed by atoms with Crippen LogP contribution in [-0.4, -0.2) is 48.1 Å². The van der Waals surface area contributed by atoms with Crippen LogP contribution >= 0.6 is 0 Å². The van der Waals surface area contributed by atoms with Gasteiger partial charge in [-0.05, 0) is 67.4 Å². The van der Waals surface area contributed by atoms with Gasteiger partial charge in [-0.15, -0.1) is 0 Å². The van der Waals surface area contributed by atoms with Crippen LogP contribution in [0, 0.1) is 5.92 Å². The van der Waals surface area contributed by atoms with Crippen LogP contribution in [0.5, 0.6) is 5.75 Å². The monoisotopic (exact) mass is 437 g/mol. The molecule has 1 heterocycles. The molecule has 3 N–H and O–H groups in total. The zero-order valence-corrected chi connectivity index (χ0v) is 19.3. The Hall–Kier alpha value is -2.86. The molecule has 0 bridgehead atoms. The van der Waals surface area contributed by atoms with Gasteiger partial charge in [0.25, 0.3) is 0 Å². The maximum absolute atomic E-state index is 12.9. The highest BCUT2D eigenvalue weighted by Gasteiger charge is 2.38. The van der Waals surface area contributed by atoms with Gasteiger partial charge in [0.2, 0.25) is 5.91 Å². The molecule has 3 atom stereocenters. The number of hydrogen-bond donors (Lipinski definition) is 3. The summed E-state index contributed by atoms with van der Waals surface area (Å²) in [4.78, 5) is 27.2. The zero-order valence-electron chi connectivity index (χ0n) is 19.3. The lowest BCUT2D eigenvalue weighted by atomic mass is 9.68. The number of aromatic hydroxyl groups is 1. The number of amides is 3. The predicted octanol–water partition coefficient (Wildman–Crippen LogP) is 4.01. The van der Waals surface area contributed by atoms with E-state index in [0.717, 1.165) is 31.6 Å². The summed E-state index contributed by atoms with van der Waals surface area (Å²) in [5, 5.41) is 15.0. The molecule has 0 saturated carbocycles. The summed E-state index contributed by atoms with van der Waals surface area (Å²) in [6.45, 7) is 9.45. The molecule has 6 nitrogen and oxygen atoms in total. The lowest BCUT2D eigenvalue weighted by molar-refractivity contribution is -0.121. The van der Waals surface area contributed by atoms with Crippen LogP contribution in [0.2, 0.25) is 0 Å². The Bertz CT molecular complexity index is 918. The van der Waals surface area contributed by atoms with Gasteiger partial charge in [0.05, 0.1) is 5.92 Å². The van der Waals surface area contributed by atoms with Crippen molar-refractivity contribution in [2.24, 2.45) is 5.92 Å². The van der Waals surface area contributed by atoms with Gasteiger partial charge in [0.1, 0.15) is 5.75 Å². The van der Waals surface area contributed by atoms with Gasteiger partial charge in [0.15, 0.2) is 0 Å². The average Bonchev–Trinajstić information content (AvgIpc) is 2.77. The number of imide groups is 1. The first-order chi connectivity index (χ1) is 15.3. The highest BCUT2D eigenvalue weighted by atomic mass is 16.3. The van der Waals surface area contributed by atoms with Crippen LogP contribution in [-0.2, 0) is 10.2 Å². The second-order valence-corrected chi connectivity index (χ2v) is 9.02. The Morgan fingerprint density at radius 3 is 2.59 bits per heavy atom. The summed E-state index contributed by atoms with van der Waals surface area (Å²) < 4.78 is 0. The molecule has 32 heavy (non-hydrogen) atoms. The standard InChI is InChI=1S/C26H35N3O3/c1-4-27-25(32)28-24(31)23(20-9-6-5-7-10-20)13-15-29-16-14-26(3,19(2)18-29)21-11-8-12-22(30)17-21/h5-12,17,19,23,30H,4,13-16,18H2,1-3H3,(H2,27,28,31,32). The number of carbonyl (C=O) groups is 2. The molecule has 1 saturated heterocycles. The van der Waals surface area contributed by atoms with Crippen molar-refractivity contribution >= 4 is 11.9 Å². The molecule has 172 valence electrons. The van der Waals surface area contributed by atoms with E-state index in [2.05, 4.69) is 35.4 Å². The van der Waals surface area contributed by atoms with Gasteiger partial charge in [-0.25, -0.2) is 4.79 Å². The molecule has 3 unspecified atom stereocenters. The summed E-state index contributed by atoms with van der Waals surface area (Å²) in [5.41, 5.74) is 2.10. The second kappa shape index (κ2) is 10.6. The number of phenolic OH excluding ortho intramolecular Hbond substituents is 1. The molecular weight excluding hydrogens is 402 g/mol. The van der Waals surface area contributed by atoms with E-state index in [1.54, 1.807) is 6.07 Å². The van der Waals surface area contributed by atoms with Crippen molar-refractivity contribution in [1.82, 2.24) is 15.5 Å². The fourth-order valence-electron chi connectivity index (χ4n) is 4.66. The van der Waals surface area contributed by atoms with Crippen LogP contribution in [0.3, 0.4) is 0 Å². The number of rotatable bonds is 7. The Balaban J connectivity index is 1.65. The Labute approximate surface area is 191 Å². The number of phenols is 1. The first-order valence-electron chi connectivity index (χ1n) is 11.5. The van der Waals surface area contributed by atoms with Gasteiger partial charge in [-0.2, -0.15) is 0 Å². The fraction of sp³-hybridized carbons (Fsp3) is 0.462. The van der Waals surface area contributed by atoms with E-state index >= 15 is 0 Å². The fourth-order valence-corrected chi connectivity index (χ4v) is 4.66. The minimum atomic E-state index is -0.452. The molecule has 2 aromatic carbocycles. The number of benzene rings is 2. The summed E-state index contributed by atoms with van der Waals surface area (Å²) >= 11 is 0. The van der Waals surface area contributed by atoms with E-state index in [9.17, 15) is 14.7 Å². The predicted molar refractivity (Wildman–Crippen MR) is 127 cm³/mol. The molecule has 3 amide bonds. The van der Waals surface area contributed by atoms with Crippen LogP contribution in [0.25, 0.3) is 0 Å². The number of nitrogens with zero attached hydrogens (tertiary/aromatic N) is 1. The van der Waals surface area contributed by atoms with E-state index in [0.29, 0.717) is 24.6 Å². The van der Waals surface area contributed by atoms with E-state index in [4.69, 9.17) is 0 Å². The summed E-state index contributed by atoms with van der Waals surface area (Å²) in [6.07, 6.45) is 1.63. The third-order valence-corrected chi connectivity index (χ3v) is 6.90. The lowest BCUT2D eigenvalue weighted by Gasteiger charge is -2.45. The third kappa shape index (κ3) is 5.68. The maximum Gasteiger partial charge on any atom is 0.321 e. The molecule has 0 radical (unpaired) electrons. The van der Waals surface area contributed by atoms with Crippen molar-refractivity contribution in [3.05, 3.63) is 65.7 Å². The van der Waals surface area contributed by atoms with Crippen molar-refractivity contribution in [3.8, 4) is 5.75 Å². The molecule has 0 aliphatic carbocycles. The normalized spacial score (nSPS) is 22.2. The smallest absolute Gasteiger partial charge is 0.321 e. The van der Waals surface area contributed by atoms with Crippen LogP contribution in [0.15, 0.2) is 54.6 Å². The first-order valence-corrected chi connectivity index (χ1v) is 11.5. The molecule has 1 aliphatic heterocycles. The zero-order chi connectivity index (χ0) is 23.1. The number of likely N-dealkylation sites (tertiary alicyclic amines) is 1. The van der Waals surface area contributed by atoms with E-state index < -0.39 is 6.03 Å². The molecule has 2 aromatic rings. The summed E-state index contributed by atoms with van der Waals surface area (Å²) in [7, 11) is 0. The number of hydrogen-bond acceptors (Lipinski definition) is 4. The van der Waals surface area contributed by atoms with E-state index in [-0.39, 0.29) is 17.2 Å². The van der Waals surface area contributed by atoms with Gasteiger partial charge in [0, 0.05) is 13.1 Å². The summed E-state index contributed by atoms with van der Waals surface area (Å²) in [5.74, 6) is 0.0601. The number of piperidine rings is 1. The van der Waals surface area contributed by atoms with E-state index in [1.807, 2.05) is 49.4 Å². The highest BCUT2D eigenvalue weighted by molar-refractivity contribution is 5.97. The molecule has 0 aromatic heterocycles. The Morgan fingerprint density at radius 2 is 1.94 bits per heavy atom. The number of nitrogens with one attached hydrogen (secondary N) is 2. The molecule has 1 fully saturated rings. The van der Waals surface area contributed by atoms with E-state index in [1.165, 1.54) is 5.56 Å². The Kier molecular flexibility index (Phi) is 7.91. The van der Waals surface area contributed by atoms with Gasteiger partial charge < -0.3 is 15.3 Å². The van der Waals surface area contributed by atoms with Crippen molar-refractivity contribution in [1.29, 1.82) is 0 Å². The van der Waals surface area contributed by atoms with Gasteiger partial charge in [-0.1, -0.05) is 56.3 Å². The maximum atomic E-state index is 12.9. The average molecular weight is 438 g/mol. The number of carbonyl (C=O) groups excluding carboxylic acids is 2. The second-order valence-electron chi connectivity index (χ2n) is 9.02. The minimum absolute atomic E-state index is 0.00366. The molecule has 6 heteroatoms. The van der Waals surface area contributed by atoms with Crippen LogP contribution in [0.4, 0.5) is 4.79 Å². The lowest BCUT2D eigenvalue weighted by Crippen LogP contribution is -2.48. The topological polar surface area (TPSA) is 81.7 Å². The van der Waals surface area contributed by atoms with Crippen LogP contribution in [0.1, 0.15) is 50.7 Å². The van der Waals surface area contributed by atoms with Gasteiger partial charge >= 0.3 is 6.03 Å². The molecular formula is C26H35N3O3. The van der Waals surface area contributed by atoms with Gasteiger partial charge in [-0.3, -0.25) is 10.1 Å². The summed E-state index contributed by atoms with van der Waals surface area (Å²) in [6, 6.07) is 16.8. The molecule has 3 rings (SSSR count). The van der Waals surface area contributed by atoms with Crippen molar-refractivity contribution in [2.45, 2.75) is 44.9 Å². The van der Waals surface area contributed by atoms with Crippen LogP contribution < -0.4 is 10.6 Å². The SMILES string of the molecule is CCNC(=O)NC(=O)C(CCN1CCC(C)(c2cccc(O)c2)C(C)C1)c1ccccc1. The highest BCUT2D eigenvalue weighted by Crippen LogP contribution is 2.40. The minimum Gasteiger partial charge on any atom is -0.508 e. The van der Waals surface area contributed by atoms with Crippen molar-refractivity contribution in [2.75, 3.05) is 26.2 Å². The molecule has 1 aliphatic rings. The largest absolute Gasteiger partial charge is 0.508 e. The van der Waals surface area contributed by atoms with Crippen molar-refractivity contribution < 1.29 is 14.7 Å². The number of urea groups is 1. The van der Waals surface area contributed by atoms with Crippen molar-refractivity contribution in [3.63, 3.8) is 0 Å². The quantitative estimate of drug-likeness (QED) is 0.611. The molecule has 0 spiro atoms. The Morgan fingerprint density at radius 1 is 1.19 bits per heavy atom. The third-order valence-electron chi connectivity index (χ3n) is 6.90.